The fourth-order valence-corrected chi connectivity index (χ4v) is 3.92. The lowest BCUT2D eigenvalue weighted by atomic mass is 9.86. The second-order valence-electron chi connectivity index (χ2n) is 6.04. The number of allylic oxidation sites excluding steroid dienone is 2. The normalized spacial score (nSPS) is 18.2. The molecule has 1 unspecified atom stereocenters. The van der Waals surface area contributed by atoms with Crippen molar-refractivity contribution in [1.29, 1.82) is 0 Å². The quantitative estimate of drug-likeness (QED) is 0.844. The van der Waals surface area contributed by atoms with Gasteiger partial charge in [-0.15, -0.1) is 11.8 Å². The zero-order chi connectivity index (χ0) is 16.4. The van der Waals surface area contributed by atoms with Crippen LogP contribution in [-0.2, 0) is 7.05 Å². The Morgan fingerprint density at radius 3 is 2.74 bits per heavy atom. The number of anilines is 1. The average molecular weight is 331 g/mol. The van der Waals surface area contributed by atoms with Crippen molar-refractivity contribution in [2.45, 2.75) is 44.6 Å². The maximum Gasteiger partial charge on any atom is 0.177 e. The van der Waals surface area contributed by atoms with E-state index in [2.05, 4.69) is 25.0 Å². The smallest absolute Gasteiger partial charge is 0.177 e. The van der Waals surface area contributed by atoms with Crippen molar-refractivity contribution in [3.8, 4) is 5.82 Å². The molecule has 0 aromatic carbocycles. The minimum atomic E-state index is 0.709. The van der Waals surface area contributed by atoms with Crippen molar-refractivity contribution >= 4 is 23.2 Å². The summed E-state index contributed by atoms with van der Waals surface area (Å²) < 4.78 is 3.55. The van der Waals surface area contributed by atoms with Crippen molar-refractivity contribution < 1.29 is 0 Å². The molecule has 0 amide bonds. The van der Waals surface area contributed by atoms with Crippen LogP contribution in [0.2, 0.25) is 0 Å². The van der Waals surface area contributed by atoms with E-state index < -0.39 is 0 Å². The van der Waals surface area contributed by atoms with Crippen LogP contribution in [0.4, 0.5) is 5.82 Å². The summed E-state index contributed by atoms with van der Waals surface area (Å²) in [5.41, 5.74) is 8.95. The molecule has 0 aliphatic heterocycles. The van der Waals surface area contributed by atoms with Gasteiger partial charge in [-0.3, -0.25) is 4.68 Å². The molecule has 0 bridgehead atoms. The zero-order valence-electron chi connectivity index (χ0n) is 14.1. The van der Waals surface area contributed by atoms with Crippen LogP contribution >= 0.6 is 11.8 Å². The summed E-state index contributed by atoms with van der Waals surface area (Å²) in [4.78, 5) is 0. The van der Waals surface area contributed by atoms with Crippen molar-refractivity contribution in [2.75, 3.05) is 11.5 Å². The number of aryl methyl sites for hydroxylation is 1. The van der Waals surface area contributed by atoms with Gasteiger partial charge in [0.25, 0.3) is 0 Å². The molecule has 0 saturated heterocycles. The molecule has 0 spiro atoms. The molecule has 2 heterocycles. The number of rotatable bonds is 5. The first-order valence-corrected chi connectivity index (χ1v) is 9.33. The summed E-state index contributed by atoms with van der Waals surface area (Å²) in [5, 5.41) is 10.2. The first kappa shape index (κ1) is 16.2. The fourth-order valence-electron chi connectivity index (χ4n) is 3.13. The third kappa shape index (κ3) is 3.17. The average Bonchev–Trinajstić information content (AvgIpc) is 3.12. The molecule has 1 atom stereocenters. The van der Waals surface area contributed by atoms with E-state index in [-0.39, 0.29) is 0 Å². The Morgan fingerprint density at radius 2 is 2.17 bits per heavy atom. The Balaban J connectivity index is 2.02. The van der Waals surface area contributed by atoms with E-state index in [9.17, 15) is 0 Å². The predicted octanol–water partition coefficient (Wildman–Crippen LogP) is 3.89. The van der Waals surface area contributed by atoms with E-state index in [1.54, 1.807) is 21.1 Å². The molecule has 3 rings (SSSR count). The monoisotopic (exact) mass is 331 g/mol. The standard InChI is InChI=1S/C17H25N5S/c1-4-12-6-8-13(9-7-12)15-16(18)22(20-17(15)23-5-2)14-10-11-21(3)19-14/h8,10-12H,4-7,9,18H2,1-3H3. The lowest BCUT2D eigenvalue weighted by Crippen LogP contribution is -2.07. The first-order chi connectivity index (χ1) is 11.1. The molecule has 23 heavy (non-hydrogen) atoms. The number of thioether (sulfide) groups is 1. The number of aromatic nitrogens is 4. The Hall–Kier alpha value is -1.69. The largest absolute Gasteiger partial charge is 0.383 e. The molecule has 1 aliphatic rings. The summed E-state index contributed by atoms with van der Waals surface area (Å²) in [7, 11) is 1.90. The second kappa shape index (κ2) is 6.83. The molecule has 0 radical (unpaired) electrons. The van der Waals surface area contributed by atoms with E-state index in [4.69, 9.17) is 10.8 Å². The molecule has 0 saturated carbocycles. The van der Waals surface area contributed by atoms with Gasteiger partial charge in [0.2, 0.25) is 0 Å². The van der Waals surface area contributed by atoms with Crippen LogP contribution in [-0.4, -0.2) is 25.3 Å². The maximum absolute atomic E-state index is 6.47. The van der Waals surface area contributed by atoms with Gasteiger partial charge < -0.3 is 5.73 Å². The molecule has 2 aromatic rings. The first-order valence-electron chi connectivity index (χ1n) is 8.34. The van der Waals surface area contributed by atoms with Gasteiger partial charge in [0.05, 0.1) is 5.56 Å². The van der Waals surface area contributed by atoms with E-state index in [1.165, 1.54) is 18.4 Å². The topological polar surface area (TPSA) is 61.7 Å². The molecule has 6 heteroatoms. The summed E-state index contributed by atoms with van der Waals surface area (Å²) >= 11 is 1.75. The Bertz CT molecular complexity index is 713. The van der Waals surface area contributed by atoms with Gasteiger partial charge >= 0.3 is 0 Å². The molecule has 2 N–H and O–H groups in total. The summed E-state index contributed by atoms with van der Waals surface area (Å²) in [6, 6.07) is 1.94. The van der Waals surface area contributed by atoms with Crippen molar-refractivity contribution in [3.05, 3.63) is 23.9 Å². The summed E-state index contributed by atoms with van der Waals surface area (Å²) in [6.07, 6.45) is 9.02. The van der Waals surface area contributed by atoms with Gasteiger partial charge in [-0.2, -0.15) is 14.9 Å². The number of nitrogens with two attached hydrogens (primary N) is 1. The van der Waals surface area contributed by atoms with E-state index >= 15 is 0 Å². The van der Waals surface area contributed by atoms with Crippen LogP contribution in [0, 0.1) is 5.92 Å². The molecular weight excluding hydrogens is 306 g/mol. The third-order valence-electron chi connectivity index (χ3n) is 4.50. The van der Waals surface area contributed by atoms with E-state index in [1.807, 2.05) is 19.3 Å². The lowest BCUT2D eigenvalue weighted by molar-refractivity contribution is 0.470. The van der Waals surface area contributed by atoms with Crippen molar-refractivity contribution in [3.63, 3.8) is 0 Å². The maximum atomic E-state index is 6.47. The molecule has 2 aromatic heterocycles. The van der Waals surface area contributed by atoms with Crippen LogP contribution in [0.15, 0.2) is 23.4 Å². The SMILES string of the molecule is CCSc1nn(-c2ccn(C)n2)c(N)c1C1=CCC(CC)CC1. The molecule has 5 nitrogen and oxygen atoms in total. The number of hydrogen-bond donors (Lipinski definition) is 1. The highest BCUT2D eigenvalue weighted by Gasteiger charge is 2.23. The molecule has 0 fully saturated rings. The van der Waals surface area contributed by atoms with Crippen molar-refractivity contribution in [1.82, 2.24) is 19.6 Å². The van der Waals surface area contributed by atoms with Gasteiger partial charge in [0.15, 0.2) is 5.82 Å². The van der Waals surface area contributed by atoms with Crippen LogP contribution in [0.5, 0.6) is 0 Å². The molecular formula is C17H25N5S. The number of hydrogen-bond acceptors (Lipinski definition) is 4. The van der Waals surface area contributed by atoms with Crippen LogP contribution in [0.25, 0.3) is 11.4 Å². The second-order valence-corrected chi connectivity index (χ2v) is 7.29. The minimum Gasteiger partial charge on any atom is -0.383 e. The highest BCUT2D eigenvalue weighted by Crippen LogP contribution is 2.39. The highest BCUT2D eigenvalue weighted by atomic mass is 32.2. The minimum absolute atomic E-state index is 0.709. The lowest BCUT2D eigenvalue weighted by Gasteiger charge is -2.20. The predicted molar refractivity (Wildman–Crippen MR) is 96.7 cm³/mol. The summed E-state index contributed by atoms with van der Waals surface area (Å²) in [5.74, 6) is 3.28. The Kier molecular flexibility index (Phi) is 4.80. The zero-order valence-corrected chi connectivity index (χ0v) is 14.9. The van der Waals surface area contributed by atoms with Gasteiger partial charge in [0, 0.05) is 19.3 Å². The summed E-state index contributed by atoms with van der Waals surface area (Å²) in [6.45, 7) is 4.42. The fraction of sp³-hybridized carbons (Fsp3) is 0.529. The van der Waals surface area contributed by atoms with Gasteiger partial charge in [-0.25, -0.2) is 0 Å². The van der Waals surface area contributed by atoms with Gasteiger partial charge in [-0.05, 0) is 36.5 Å². The van der Waals surface area contributed by atoms with Crippen LogP contribution < -0.4 is 5.73 Å². The van der Waals surface area contributed by atoms with Crippen LogP contribution in [0.3, 0.4) is 0 Å². The molecule has 1 aliphatic carbocycles. The Labute approximate surface area is 141 Å². The van der Waals surface area contributed by atoms with Crippen molar-refractivity contribution in [2.24, 2.45) is 13.0 Å². The van der Waals surface area contributed by atoms with Gasteiger partial charge in [0.1, 0.15) is 10.8 Å². The van der Waals surface area contributed by atoms with Crippen LogP contribution in [0.1, 0.15) is 45.1 Å². The molecule has 124 valence electrons. The number of nitrogen functional groups attached to an aromatic ring is 1. The van der Waals surface area contributed by atoms with Gasteiger partial charge in [-0.1, -0.05) is 26.3 Å². The third-order valence-corrected chi connectivity index (χ3v) is 5.35. The van der Waals surface area contributed by atoms with E-state index in [0.717, 1.165) is 40.9 Å². The Morgan fingerprint density at radius 1 is 1.35 bits per heavy atom. The highest BCUT2D eigenvalue weighted by molar-refractivity contribution is 7.99. The number of nitrogens with zero attached hydrogens (tertiary/aromatic N) is 4. The van der Waals surface area contributed by atoms with E-state index in [0.29, 0.717) is 5.82 Å².